The summed E-state index contributed by atoms with van der Waals surface area (Å²) in [5.74, 6) is 0.543. The molecule has 2 aliphatic rings. The van der Waals surface area contributed by atoms with E-state index < -0.39 is 0 Å². The van der Waals surface area contributed by atoms with Gasteiger partial charge in [-0.3, -0.25) is 4.79 Å². The number of para-hydroxylation sites is 1. The molecule has 1 N–H and O–H groups in total. The maximum absolute atomic E-state index is 12.3. The summed E-state index contributed by atoms with van der Waals surface area (Å²) >= 11 is 0. The highest BCUT2D eigenvalue weighted by atomic mass is 16.5. The van der Waals surface area contributed by atoms with Gasteiger partial charge >= 0.3 is 5.97 Å². The third-order valence-electron chi connectivity index (χ3n) is 4.54. The summed E-state index contributed by atoms with van der Waals surface area (Å²) in [6.45, 7) is 2.79. The first kappa shape index (κ1) is 12.5. The Kier molecular flexibility index (Phi) is 2.74. The summed E-state index contributed by atoms with van der Waals surface area (Å²) in [5, 5.41) is 3.37. The molecule has 2 aromatic rings. The normalized spacial score (nSPS) is 22.4. The van der Waals surface area contributed by atoms with Gasteiger partial charge in [0.2, 0.25) is 0 Å². The summed E-state index contributed by atoms with van der Waals surface area (Å²) in [6, 6.07) is 14.4. The van der Waals surface area contributed by atoms with Crippen LogP contribution in [0, 0.1) is 5.92 Å². The highest BCUT2D eigenvalue weighted by molar-refractivity contribution is 5.83. The van der Waals surface area contributed by atoms with Gasteiger partial charge in [0.15, 0.2) is 0 Å². The minimum absolute atomic E-state index is 0.102. The van der Waals surface area contributed by atoms with Gasteiger partial charge in [-0.2, -0.15) is 0 Å². The van der Waals surface area contributed by atoms with Crippen LogP contribution in [-0.2, 0) is 11.2 Å². The van der Waals surface area contributed by atoms with Crippen LogP contribution in [0.3, 0.4) is 0 Å². The second-order valence-electron chi connectivity index (χ2n) is 5.70. The van der Waals surface area contributed by atoms with E-state index in [1.807, 2.05) is 18.2 Å². The molecule has 0 spiro atoms. The predicted molar refractivity (Wildman–Crippen MR) is 81.7 cm³/mol. The van der Waals surface area contributed by atoms with E-state index in [0.29, 0.717) is 12.3 Å². The number of esters is 1. The number of hydrogen-bond acceptors (Lipinski definition) is 3. The summed E-state index contributed by atoms with van der Waals surface area (Å²) < 4.78 is 5.49. The Hall–Kier alpha value is -2.29. The maximum Gasteiger partial charge on any atom is 0.317 e. The molecule has 0 radical (unpaired) electrons. The van der Waals surface area contributed by atoms with Crippen molar-refractivity contribution in [2.45, 2.75) is 19.3 Å². The molecule has 21 heavy (non-hydrogen) atoms. The quantitative estimate of drug-likeness (QED) is 0.642. The number of ether oxygens (including phenoxy) is 1. The second kappa shape index (κ2) is 4.62. The summed E-state index contributed by atoms with van der Waals surface area (Å²) in [4.78, 5) is 12.3. The van der Waals surface area contributed by atoms with Gasteiger partial charge in [0, 0.05) is 23.7 Å². The van der Waals surface area contributed by atoms with E-state index in [4.69, 9.17) is 4.74 Å². The monoisotopic (exact) mass is 279 g/mol. The molecule has 0 aliphatic carbocycles. The molecular weight excluding hydrogens is 262 g/mol. The van der Waals surface area contributed by atoms with Crippen LogP contribution >= 0.6 is 0 Å². The number of fused-ring (bicyclic) bond motifs is 5. The van der Waals surface area contributed by atoms with Crippen LogP contribution in [0.1, 0.15) is 29.5 Å². The van der Waals surface area contributed by atoms with Crippen LogP contribution in [-0.4, -0.2) is 12.5 Å². The molecule has 0 amide bonds. The Labute approximate surface area is 123 Å². The third-order valence-corrected chi connectivity index (χ3v) is 4.54. The largest absolute Gasteiger partial charge is 0.426 e. The first-order valence-electron chi connectivity index (χ1n) is 7.45. The lowest BCUT2D eigenvalue weighted by Gasteiger charge is -2.37. The van der Waals surface area contributed by atoms with Gasteiger partial charge in [-0.05, 0) is 29.7 Å². The average Bonchev–Trinajstić information content (AvgIpc) is 2.54. The number of carbonyl (C=O) groups excluding carboxylic acids is 1. The highest BCUT2D eigenvalue weighted by Crippen LogP contribution is 2.46. The molecule has 2 aromatic carbocycles. The van der Waals surface area contributed by atoms with E-state index in [9.17, 15) is 4.79 Å². The van der Waals surface area contributed by atoms with Crippen LogP contribution in [0.15, 0.2) is 42.5 Å². The summed E-state index contributed by atoms with van der Waals surface area (Å²) in [5.41, 5.74) is 4.78. The van der Waals surface area contributed by atoms with Crippen molar-refractivity contribution in [3.63, 3.8) is 0 Å². The number of benzene rings is 2. The van der Waals surface area contributed by atoms with Crippen molar-refractivity contribution in [3.05, 3.63) is 59.2 Å². The van der Waals surface area contributed by atoms with Crippen molar-refractivity contribution >= 4 is 11.7 Å². The van der Waals surface area contributed by atoms with Crippen molar-refractivity contribution in [1.29, 1.82) is 0 Å². The molecule has 0 aromatic heterocycles. The third kappa shape index (κ3) is 1.84. The molecule has 2 heterocycles. The Bertz CT molecular complexity index is 723. The van der Waals surface area contributed by atoms with E-state index in [1.165, 1.54) is 11.1 Å². The zero-order chi connectivity index (χ0) is 14.4. The zero-order valence-corrected chi connectivity index (χ0v) is 11.9. The van der Waals surface area contributed by atoms with Crippen LogP contribution in [0.5, 0.6) is 5.75 Å². The maximum atomic E-state index is 12.3. The molecule has 3 heteroatoms. The Morgan fingerprint density at radius 1 is 1.19 bits per heavy atom. The number of carbonyl (C=O) groups is 1. The minimum atomic E-state index is -0.139. The van der Waals surface area contributed by atoms with E-state index in [-0.39, 0.29) is 17.8 Å². The fourth-order valence-corrected chi connectivity index (χ4v) is 3.42. The molecule has 4 rings (SSSR count). The molecule has 0 saturated carbocycles. The lowest BCUT2D eigenvalue weighted by atomic mass is 9.75. The lowest BCUT2D eigenvalue weighted by Crippen LogP contribution is -2.40. The topological polar surface area (TPSA) is 38.3 Å². The van der Waals surface area contributed by atoms with E-state index in [2.05, 4.69) is 36.5 Å². The van der Waals surface area contributed by atoms with Crippen LogP contribution in [0.25, 0.3) is 0 Å². The van der Waals surface area contributed by atoms with Crippen molar-refractivity contribution in [3.8, 4) is 5.75 Å². The number of hydrogen-bond donors (Lipinski definition) is 1. The molecule has 106 valence electrons. The number of rotatable bonds is 1. The van der Waals surface area contributed by atoms with Gasteiger partial charge in [-0.1, -0.05) is 37.3 Å². The van der Waals surface area contributed by atoms with E-state index >= 15 is 0 Å². The Balaban J connectivity index is 1.93. The van der Waals surface area contributed by atoms with Gasteiger partial charge in [0.1, 0.15) is 5.75 Å². The molecular formula is C18H17NO2. The van der Waals surface area contributed by atoms with Crippen molar-refractivity contribution < 1.29 is 9.53 Å². The van der Waals surface area contributed by atoms with Gasteiger partial charge in [0.05, 0.1) is 5.92 Å². The molecule has 2 aliphatic heterocycles. The molecule has 0 bridgehead atoms. The first-order chi connectivity index (χ1) is 10.3. The van der Waals surface area contributed by atoms with Gasteiger partial charge < -0.3 is 10.1 Å². The summed E-state index contributed by atoms with van der Waals surface area (Å²) in [7, 11) is 0. The highest BCUT2D eigenvalue weighted by Gasteiger charge is 2.41. The number of anilines is 1. The second-order valence-corrected chi connectivity index (χ2v) is 5.70. The SMILES string of the molecule is CCc1ccc2c(c1)C1c3ccccc3OC(=O)C1CN2. The number of aryl methyl sites for hydroxylation is 1. The first-order valence-corrected chi connectivity index (χ1v) is 7.45. The molecule has 2 atom stereocenters. The predicted octanol–water partition coefficient (Wildman–Crippen LogP) is 3.34. The molecule has 2 unspecified atom stereocenters. The van der Waals surface area contributed by atoms with Gasteiger partial charge in [-0.15, -0.1) is 0 Å². The smallest absolute Gasteiger partial charge is 0.317 e. The van der Waals surface area contributed by atoms with Crippen LogP contribution in [0.2, 0.25) is 0 Å². The van der Waals surface area contributed by atoms with Gasteiger partial charge in [-0.25, -0.2) is 0 Å². The zero-order valence-electron chi connectivity index (χ0n) is 11.9. The minimum Gasteiger partial charge on any atom is -0.426 e. The van der Waals surface area contributed by atoms with Gasteiger partial charge in [0.25, 0.3) is 0 Å². The van der Waals surface area contributed by atoms with E-state index in [1.54, 1.807) is 0 Å². The molecule has 3 nitrogen and oxygen atoms in total. The fourth-order valence-electron chi connectivity index (χ4n) is 3.42. The van der Waals surface area contributed by atoms with Crippen molar-refractivity contribution in [1.82, 2.24) is 0 Å². The van der Waals surface area contributed by atoms with Crippen LogP contribution in [0.4, 0.5) is 5.69 Å². The standard InChI is InChI=1S/C18H17NO2/c1-2-11-7-8-15-13(9-11)17-12-5-3-4-6-16(12)21-18(20)14(17)10-19-15/h3-9,14,17,19H,2,10H2,1H3. The molecule has 0 fully saturated rings. The van der Waals surface area contributed by atoms with Crippen molar-refractivity contribution in [2.24, 2.45) is 5.92 Å². The van der Waals surface area contributed by atoms with E-state index in [0.717, 1.165) is 17.7 Å². The molecule has 0 saturated heterocycles. The average molecular weight is 279 g/mol. The van der Waals surface area contributed by atoms with Crippen LogP contribution < -0.4 is 10.1 Å². The Morgan fingerprint density at radius 3 is 2.90 bits per heavy atom. The number of nitrogens with one attached hydrogen (secondary N) is 1. The summed E-state index contributed by atoms with van der Waals surface area (Å²) in [6.07, 6.45) is 0.997. The fraction of sp³-hybridized carbons (Fsp3) is 0.278. The Morgan fingerprint density at radius 2 is 2.05 bits per heavy atom. The van der Waals surface area contributed by atoms with Crippen molar-refractivity contribution in [2.75, 3.05) is 11.9 Å². The lowest BCUT2D eigenvalue weighted by molar-refractivity contribution is -0.140.